The second kappa shape index (κ2) is 4.32. The van der Waals surface area contributed by atoms with Crippen LogP contribution in [0, 0.1) is 0 Å². The van der Waals surface area contributed by atoms with Crippen LogP contribution in [0.5, 0.6) is 0 Å². The number of aromatic nitrogens is 1. The van der Waals surface area contributed by atoms with Crippen LogP contribution in [0.4, 0.5) is 0 Å². The third-order valence-corrected chi connectivity index (χ3v) is 2.63. The summed E-state index contributed by atoms with van der Waals surface area (Å²) in [6.07, 6.45) is 5.68. The van der Waals surface area contributed by atoms with E-state index in [2.05, 4.69) is 29.8 Å². The Hall–Kier alpha value is -1.54. The SMILES string of the molecule is C=CC[C@H](N)Cc1c[nH]c2ccccc12. The predicted octanol–water partition coefficient (Wildman–Crippen LogP) is 2.61. The number of fused-ring (bicyclic) bond motifs is 1. The number of H-pyrrole nitrogens is 1. The minimum Gasteiger partial charge on any atom is -0.361 e. The largest absolute Gasteiger partial charge is 0.361 e. The number of rotatable bonds is 4. The molecule has 3 N–H and O–H groups in total. The number of hydrogen-bond donors (Lipinski definition) is 2. The van der Waals surface area contributed by atoms with Crippen molar-refractivity contribution in [1.82, 2.24) is 4.98 Å². The fraction of sp³-hybridized carbons (Fsp3) is 0.231. The molecule has 0 aliphatic heterocycles. The van der Waals surface area contributed by atoms with Crippen LogP contribution in [0.3, 0.4) is 0 Å². The summed E-state index contributed by atoms with van der Waals surface area (Å²) in [5.41, 5.74) is 8.45. The van der Waals surface area contributed by atoms with E-state index in [1.54, 1.807) is 0 Å². The summed E-state index contributed by atoms with van der Waals surface area (Å²) < 4.78 is 0. The highest BCUT2D eigenvalue weighted by atomic mass is 14.7. The third kappa shape index (κ3) is 2.10. The van der Waals surface area contributed by atoms with Gasteiger partial charge in [-0.05, 0) is 24.5 Å². The van der Waals surface area contributed by atoms with Crippen LogP contribution in [-0.4, -0.2) is 11.0 Å². The van der Waals surface area contributed by atoms with Gasteiger partial charge in [0.1, 0.15) is 0 Å². The second-order valence-corrected chi connectivity index (χ2v) is 3.85. The average Bonchev–Trinajstić information content (AvgIpc) is 2.62. The summed E-state index contributed by atoms with van der Waals surface area (Å²) in [5.74, 6) is 0. The Labute approximate surface area is 89.8 Å². The number of nitrogens with two attached hydrogens (primary N) is 1. The van der Waals surface area contributed by atoms with Crippen molar-refractivity contribution in [2.75, 3.05) is 0 Å². The monoisotopic (exact) mass is 200 g/mol. The molecule has 1 aromatic heterocycles. The van der Waals surface area contributed by atoms with Crippen molar-refractivity contribution in [1.29, 1.82) is 0 Å². The minimum absolute atomic E-state index is 0.168. The first kappa shape index (κ1) is 9.99. The molecular formula is C13H16N2. The molecule has 0 saturated carbocycles. The standard InChI is InChI=1S/C13H16N2/c1-2-5-11(14)8-10-9-15-13-7-4-3-6-12(10)13/h2-4,6-7,9,11,15H,1,5,8,14H2/t11-/m0/s1. The van der Waals surface area contributed by atoms with Gasteiger partial charge in [-0.25, -0.2) is 0 Å². The summed E-state index contributed by atoms with van der Waals surface area (Å²) in [7, 11) is 0. The summed E-state index contributed by atoms with van der Waals surface area (Å²) in [6.45, 7) is 3.70. The van der Waals surface area contributed by atoms with Gasteiger partial charge in [-0.2, -0.15) is 0 Å². The van der Waals surface area contributed by atoms with Gasteiger partial charge in [-0.15, -0.1) is 6.58 Å². The van der Waals surface area contributed by atoms with Crippen LogP contribution in [0.2, 0.25) is 0 Å². The number of hydrogen-bond acceptors (Lipinski definition) is 1. The Morgan fingerprint density at radius 2 is 2.20 bits per heavy atom. The van der Waals surface area contributed by atoms with Crippen LogP contribution in [0.15, 0.2) is 43.1 Å². The van der Waals surface area contributed by atoms with Gasteiger partial charge >= 0.3 is 0 Å². The molecule has 0 bridgehead atoms. The maximum Gasteiger partial charge on any atom is 0.0456 e. The van der Waals surface area contributed by atoms with E-state index >= 15 is 0 Å². The molecule has 0 radical (unpaired) electrons. The average molecular weight is 200 g/mol. The Kier molecular flexibility index (Phi) is 2.88. The molecule has 2 rings (SSSR count). The highest BCUT2D eigenvalue weighted by molar-refractivity contribution is 5.83. The Morgan fingerprint density at radius 3 is 3.00 bits per heavy atom. The van der Waals surface area contributed by atoms with Crippen molar-refractivity contribution >= 4 is 10.9 Å². The maximum atomic E-state index is 5.98. The number of nitrogens with one attached hydrogen (secondary N) is 1. The molecule has 0 amide bonds. The molecule has 2 nitrogen and oxygen atoms in total. The van der Waals surface area contributed by atoms with Crippen LogP contribution >= 0.6 is 0 Å². The van der Waals surface area contributed by atoms with E-state index in [1.807, 2.05) is 18.3 Å². The zero-order valence-corrected chi connectivity index (χ0v) is 8.74. The van der Waals surface area contributed by atoms with Crippen molar-refractivity contribution in [2.24, 2.45) is 5.73 Å². The van der Waals surface area contributed by atoms with E-state index in [9.17, 15) is 0 Å². The van der Waals surface area contributed by atoms with E-state index < -0.39 is 0 Å². The van der Waals surface area contributed by atoms with Gasteiger partial charge in [0.05, 0.1) is 0 Å². The Bertz CT molecular complexity index is 456. The van der Waals surface area contributed by atoms with Gasteiger partial charge in [-0.1, -0.05) is 24.3 Å². The topological polar surface area (TPSA) is 41.8 Å². The smallest absolute Gasteiger partial charge is 0.0456 e. The molecule has 15 heavy (non-hydrogen) atoms. The van der Waals surface area contributed by atoms with Gasteiger partial charge in [-0.3, -0.25) is 0 Å². The summed E-state index contributed by atoms with van der Waals surface area (Å²) in [4.78, 5) is 3.25. The molecule has 1 heterocycles. The van der Waals surface area contributed by atoms with Gasteiger partial charge in [0.25, 0.3) is 0 Å². The maximum absolute atomic E-state index is 5.98. The number of benzene rings is 1. The van der Waals surface area contributed by atoms with E-state index in [0.717, 1.165) is 12.8 Å². The highest BCUT2D eigenvalue weighted by Gasteiger charge is 2.06. The second-order valence-electron chi connectivity index (χ2n) is 3.85. The van der Waals surface area contributed by atoms with Crippen LogP contribution in [-0.2, 0) is 6.42 Å². The lowest BCUT2D eigenvalue weighted by Gasteiger charge is -2.07. The predicted molar refractivity (Wildman–Crippen MR) is 64.8 cm³/mol. The summed E-state index contributed by atoms with van der Waals surface area (Å²) in [5, 5.41) is 1.28. The lowest BCUT2D eigenvalue weighted by molar-refractivity contribution is 0.682. The van der Waals surface area contributed by atoms with Crippen LogP contribution in [0.1, 0.15) is 12.0 Å². The van der Waals surface area contributed by atoms with E-state index in [4.69, 9.17) is 5.73 Å². The molecule has 0 spiro atoms. The Morgan fingerprint density at radius 1 is 1.40 bits per heavy atom. The lowest BCUT2D eigenvalue weighted by atomic mass is 10.0. The molecule has 1 atom stereocenters. The third-order valence-electron chi connectivity index (χ3n) is 2.63. The zero-order chi connectivity index (χ0) is 10.7. The summed E-state index contributed by atoms with van der Waals surface area (Å²) in [6, 6.07) is 8.46. The van der Waals surface area contributed by atoms with Crippen LogP contribution < -0.4 is 5.73 Å². The van der Waals surface area contributed by atoms with Crippen LogP contribution in [0.25, 0.3) is 10.9 Å². The molecule has 2 aromatic rings. The molecule has 2 heteroatoms. The Balaban J connectivity index is 2.24. The highest BCUT2D eigenvalue weighted by Crippen LogP contribution is 2.19. The van der Waals surface area contributed by atoms with Gasteiger partial charge < -0.3 is 10.7 Å². The first-order valence-corrected chi connectivity index (χ1v) is 5.22. The number of aromatic amines is 1. The van der Waals surface area contributed by atoms with Crippen molar-refractivity contribution in [2.45, 2.75) is 18.9 Å². The van der Waals surface area contributed by atoms with Crippen molar-refractivity contribution in [3.63, 3.8) is 0 Å². The number of para-hydroxylation sites is 1. The molecule has 0 unspecified atom stereocenters. The first-order chi connectivity index (χ1) is 7.31. The summed E-state index contributed by atoms with van der Waals surface area (Å²) >= 11 is 0. The first-order valence-electron chi connectivity index (χ1n) is 5.22. The fourth-order valence-electron chi connectivity index (χ4n) is 1.88. The molecule has 78 valence electrons. The molecular weight excluding hydrogens is 184 g/mol. The van der Waals surface area contributed by atoms with Gasteiger partial charge in [0.2, 0.25) is 0 Å². The molecule has 0 fully saturated rings. The molecule has 0 saturated heterocycles. The van der Waals surface area contributed by atoms with E-state index in [1.165, 1.54) is 16.5 Å². The fourth-order valence-corrected chi connectivity index (χ4v) is 1.88. The van der Waals surface area contributed by atoms with E-state index in [0.29, 0.717) is 0 Å². The van der Waals surface area contributed by atoms with E-state index in [-0.39, 0.29) is 6.04 Å². The van der Waals surface area contributed by atoms with Crippen molar-refractivity contribution in [3.8, 4) is 0 Å². The zero-order valence-electron chi connectivity index (χ0n) is 8.74. The lowest BCUT2D eigenvalue weighted by Crippen LogP contribution is -2.21. The molecule has 0 aliphatic carbocycles. The quantitative estimate of drug-likeness (QED) is 0.732. The minimum atomic E-state index is 0.168. The normalized spacial score (nSPS) is 12.9. The van der Waals surface area contributed by atoms with Gasteiger partial charge in [0.15, 0.2) is 0 Å². The van der Waals surface area contributed by atoms with Crippen molar-refractivity contribution < 1.29 is 0 Å². The van der Waals surface area contributed by atoms with Gasteiger partial charge in [0, 0.05) is 23.1 Å². The molecule has 0 aliphatic rings. The molecule has 1 aromatic carbocycles. The van der Waals surface area contributed by atoms with Crippen molar-refractivity contribution in [3.05, 3.63) is 48.7 Å².